The van der Waals surface area contributed by atoms with Crippen LogP contribution in [0.4, 0.5) is 0 Å². The smallest absolute Gasteiger partial charge is 0.270 e. The van der Waals surface area contributed by atoms with Crippen molar-refractivity contribution in [3.63, 3.8) is 0 Å². The molecule has 1 fully saturated rings. The Morgan fingerprint density at radius 1 is 1.55 bits per heavy atom. The molecule has 0 spiro atoms. The standard InChI is InChI=1S/C14H17ClN4O/c15-12-6-13(17-7-12)14(20)19-4-1-2-11(9-19)8-18-5-3-16-10-18/h3,5-7,10-11,17H,1-2,4,8-9H2. The number of aromatic nitrogens is 3. The third-order valence-electron chi connectivity index (χ3n) is 3.71. The van der Waals surface area contributed by atoms with E-state index in [1.807, 2.05) is 17.4 Å². The fraction of sp³-hybridized carbons (Fsp3) is 0.429. The van der Waals surface area contributed by atoms with E-state index in [-0.39, 0.29) is 5.91 Å². The van der Waals surface area contributed by atoms with Gasteiger partial charge in [0, 0.05) is 38.2 Å². The summed E-state index contributed by atoms with van der Waals surface area (Å²) in [5.74, 6) is 0.513. The largest absolute Gasteiger partial charge is 0.356 e. The first-order valence-electron chi connectivity index (χ1n) is 6.81. The van der Waals surface area contributed by atoms with Crippen LogP contribution in [0, 0.1) is 5.92 Å². The summed E-state index contributed by atoms with van der Waals surface area (Å²) in [4.78, 5) is 21.3. The number of amides is 1. The van der Waals surface area contributed by atoms with E-state index >= 15 is 0 Å². The molecular weight excluding hydrogens is 276 g/mol. The number of imidazole rings is 1. The molecule has 20 heavy (non-hydrogen) atoms. The number of nitrogens with one attached hydrogen (secondary N) is 1. The Morgan fingerprint density at radius 2 is 2.45 bits per heavy atom. The molecule has 1 N–H and O–H groups in total. The van der Waals surface area contributed by atoms with Gasteiger partial charge in [-0.2, -0.15) is 0 Å². The lowest BCUT2D eigenvalue weighted by Gasteiger charge is -2.32. The maximum atomic E-state index is 12.4. The van der Waals surface area contributed by atoms with E-state index in [0.717, 1.165) is 32.5 Å². The van der Waals surface area contributed by atoms with E-state index in [2.05, 4.69) is 14.5 Å². The van der Waals surface area contributed by atoms with Crippen LogP contribution in [0.5, 0.6) is 0 Å². The highest BCUT2D eigenvalue weighted by Gasteiger charge is 2.25. The number of nitrogens with zero attached hydrogens (tertiary/aromatic N) is 3. The van der Waals surface area contributed by atoms with Gasteiger partial charge in [0.2, 0.25) is 0 Å². The van der Waals surface area contributed by atoms with Crippen molar-refractivity contribution in [1.29, 1.82) is 0 Å². The summed E-state index contributed by atoms with van der Waals surface area (Å²) in [6, 6.07) is 1.68. The van der Waals surface area contributed by atoms with E-state index in [1.54, 1.807) is 18.5 Å². The summed E-state index contributed by atoms with van der Waals surface area (Å²) in [6.07, 6.45) is 9.40. The highest BCUT2D eigenvalue weighted by atomic mass is 35.5. The summed E-state index contributed by atoms with van der Waals surface area (Å²) in [6.45, 7) is 2.51. The Balaban J connectivity index is 1.64. The van der Waals surface area contributed by atoms with E-state index < -0.39 is 0 Å². The molecule has 0 bridgehead atoms. The molecule has 5 nitrogen and oxygen atoms in total. The van der Waals surface area contributed by atoms with Gasteiger partial charge in [-0.05, 0) is 24.8 Å². The number of hydrogen-bond acceptors (Lipinski definition) is 2. The van der Waals surface area contributed by atoms with E-state index in [1.165, 1.54) is 0 Å². The molecule has 6 heteroatoms. The Kier molecular flexibility index (Phi) is 3.78. The van der Waals surface area contributed by atoms with Crippen LogP contribution in [0.25, 0.3) is 0 Å². The van der Waals surface area contributed by atoms with Crippen molar-refractivity contribution in [2.24, 2.45) is 5.92 Å². The first kappa shape index (κ1) is 13.2. The second-order valence-electron chi connectivity index (χ2n) is 5.25. The van der Waals surface area contributed by atoms with Gasteiger partial charge in [-0.15, -0.1) is 0 Å². The zero-order valence-electron chi connectivity index (χ0n) is 11.1. The third-order valence-corrected chi connectivity index (χ3v) is 3.93. The number of aromatic amines is 1. The predicted octanol–water partition coefficient (Wildman–Crippen LogP) is 2.42. The Hall–Kier alpha value is -1.75. The minimum atomic E-state index is 0.0345. The van der Waals surface area contributed by atoms with Crippen LogP contribution in [0.1, 0.15) is 23.3 Å². The van der Waals surface area contributed by atoms with Crippen molar-refractivity contribution in [3.05, 3.63) is 41.7 Å². The molecular formula is C14H17ClN4O. The fourth-order valence-electron chi connectivity index (χ4n) is 2.75. The molecule has 0 aromatic carbocycles. The van der Waals surface area contributed by atoms with Crippen LogP contribution in [0.2, 0.25) is 5.02 Å². The second kappa shape index (κ2) is 5.71. The summed E-state index contributed by atoms with van der Waals surface area (Å²) < 4.78 is 2.07. The van der Waals surface area contributed by atoms with Crippen LogP contribution in [0.3, 0.4) is 0 Å². The van der Waals surface area contributed by atoms with Crippen molar-refractivity contribution in [3.8, 4) is 0 Å². The maximum absolute atomic E-state index is 12.4. The van der Waals surface area contributed by atoms with Gasteiger partial charge in [-0.25, -0.2) is 4.98 Å². The Labute approximate surface area is 122 Å². The molecule has 2 aromatic rings. The number of rotatable bonds is 3. The molecule has 1 amide bonds. The third kappa shape index (κ3) is 2.88. The van der Waals surface area contributed by atoms with Gasteiger partial charge in [0.15, 0.2) is 0 Å². The van der Waals surface area contributed by atoms with Crippen molar-refractivity contribution in [2.75, 3.05) is 13.1 Å². The van der Waals surface area contributed by atoms with Gasteiger partial charge in [0.05, 0.1) is 11.3 Å². The molecule has 1 aliphatic heterocycles. The zero-order chi connectivity index (χ0) is 13.9. The minimum Gasteiger partial charge on any atom is -0.356 e. The van der Waals surface area contributed by atoms with E-state index in [9.17, 15) is 4.79 Å². The van der Waals surface area contributed by atoms with Gasteiger partial charge in [-0.1, -0.05) is 11.6 Å². The summed E-state index contributed by atoms with van der Waals surface area (Å²) in [5.41, 5.74) is 0.568. The number of H-pyrrole nitrogens is 1. The van der Waals surface area contributed by atoms with E-state index in [4.69, 9.17) is 11.6 Å². The molecule has 106 valence electrons. The predicted molar refractivity (Wildman–Crippen MR) is 76.7 cm³/mol. The second-order valence-corrected chi connectivity index (χ2v) is 5.69. The number of carbonyl (C=O) groups is 1. The number of piperidine rings is 1. The van der Waals surface area contributed by atoms with Crippen LogP contribution in [-0.2, 0) is 6.54 Å². The van der Waals surface area contributed by atoms with Crippen LogP contribution in [0.15, 0.2) is 31.0 Å². The molecule has 0 aliphatic carbocycles. The van der Waals surface area contributed by atoms with Gasteiger partial charge >= 0.3 is 0 Å². The van der Waals surface area contributed by atoms with Crippen molar-refractivity contribution in [2.45, 2.75) is 19.4 Å². The number of hydrogen-bond donors (Lipinski definition) is 1. The number of carbonyl (C=O) groups excluding carboxylic acids is 1. The summed E-state index contributed by atoms with van der Waals surface area (Å²) in [5, 5.41) is 0.570. The molecule has 1 unspecified atom stereocenters. The quantitative estimate of drug-likeness (QED) is 0.944. The summed E-state index contributed by atoms with van der Waals surface area (Å²) in [7, 11) is 0. The lowest BCUT2D eigenvalue weighted by molar-refractivity contribution is 0.0657. The van der Waals surface area contributed by atoms with Gasteiger partial charge in [0.1, 0.15) is 5.69 Å². The highest BCUT2D eigenvalue weighted by molar-refractivity contribution is 6.30. The highest BCUT2D eigenvalue weighted by Crippen LogP contribution is 2.20. The average molecular weight is 293 g/mol. The normalized spacial score (nSPS) is 19.2. The Morgan fingerprint density at radius 3 is 3.15 bits per heavy atom. The van der Waals surface area contributed by atoms with Crippen molar-refractivity contribution in [1.82, 2.24) is 19.4 Å². The monoisotopic (exact) mass is 292 g/mol. The maximum Gasteiger partial charge on any atom is 0.270 e. The first-order chi connectivity index (χ1) is 9.72. The molecule has 0 saturated carbocycles. The van der Waals surface area contributed by atoms with E-state index in [0.29, 0.717) is 16.6 Å². The first-order valence-corrected chi connectivity index (χ1v) is 7.19. The Bertz CT molecular complexity index is 578. The number of halogens is 1. The minimum absolute atomic E-state index is 0.0345. The molecule has 3 heterocycles. The van der Waals surface area contributed by atoms with Crippen LogP contribution >= 0.6 is 11.6 Å². The van der Waals surface area contributed by atoms with Crippen molar-refractivity contribution < 1.29 is 4.79 Å². The topological polar surface area (TPSA) is 53.9 Å². The van der Waals surface area contributed by atoms with Crippen LogP contribution in [-0.4, -0.2) is 38.4 Å². The SMILES string of the molecule is O=C(c1cc(Cl)c[nH]1)N1CCCC(Cn2ccnc2)C1. The molecule has 0 radical (unpaired) electrons. The average Bonchev–Trinajstić information content (AvgIpc) is 3.10. The summed E-state index contributed by atoms with van der Waals surface area (Å²) >= 11 is 5.85. The number of likely N-dealkylation sites (tertiary alicyclic amines) is 1. The van der Waals surface area contributed by atoms with Gasteiger partial charge in [-0.3, -0.25) is 4.79 Å². The molecule has 1 aliphatic rings. The zero-order valence-corrected chi connectivity index (χ0v) is 11.9. The molecule has 3 rings (SSSR count). The van der Waals surface area contributed by atoms with Gasteiger partial charge < -0.3 is 14.5 Å². The molecule has 2 aromatic heterocycles. The fourth-order valence-corrected chi connectivity index (χ4v) is 2.92. The lowest BCUT2D eigenvalue weighted by atomic mass is 9.97. The molecule has 1 saturated heterocycles. The van der Waals surface area contributed by atoms with Crippen LogP contribution < -0.4 is 0 Å². The molecule has 1 atom stereocenters. The van der Waals surface area contributed by atoms with Crippen molar-refractivity contribution >= 4 is 17.5 Å². The lowest BCUT2D eigenvalue weighted by Crippen LogP contribution is -2.41. The van der Waals surface area contributed by atoms with Gasteiger partial charge in [0.25, 0.3) is 5.91 Å².